The van der Waals surface area contributed by atoms with E-state index in [9.17, 15) is 0 Å². The minimum atomic E-state index is 0.0634. The van der Waals surface area contributed by atoms with Crippen LogP contribution in [0.2, 0.25) is 0 Å². The molecule has 0 spiro atoms. The highest BCUT2D eigenvalue weighted by atomic mass is 16.3. The first kappa shape index (κ1) is 22.2. The van der Waals surface area contributed by atoms with Crippen LogP contribution in [-0.4, -0.2) is 11.3 Å². The molecule has 3 nitrogen and oxygen atoms in total. The van der Waals surface area contributed by atoms with E-state index in [0.29, 0.717) is 0 Å². The number of fused-ring (bicyclic) bond motifs is 8. The molecule has 0 atom stereocenters. The first-order valence-corrected chi connectivity index (χ1v) is 14.5. The zero-order chi connectivity index (χ0) is 27.4. The zero-order valence-electron chi connectivity index (χ0n) is 22.7. The van der Waals surface area contributed by atoms with Crippen molar-refractivity contribution in [3.63, 3.8) is 0 Å². The number of para-hydroxylation sites is 3. The van der Waals surface area contributed by atoms with E-state index in [4.69, 9.17) is 4.42 Å². The number of benzene rings is 6. The number of anilines is 3. The van der Waals surface area contributed by atoms with Gasteiger partial charge in [-0.3, -0.25) is 0 Å². The summed E-state index contributed by atoms with van der Waals surface area (Å²) in [6.07, 6.45) is 1.80. The van der Waals surface area contributed by atoms with E-state index in [0.717, 1.165) is 27.8 Å². The Morgan fingerprint density at radius 1 is 0.548 bits per heavy atom. The van der Waals surface area contributed by atoms with Crippen LogP contribution >= 0.6 is 0 Å². The molecule has 0 N–H and O–H groups in total. The predicted molar refractivity (Wildman–Crippen MR) is 175 cm³/mol. The van der Waals surface area contributed by atoms with Crippen LogP contribution in [-0.2, 0) is 0 Å². The van der Waals surface area contributed by atoms with E-state index in [1.807, 2.05) is 0 Å². The van der Waals surface area contributed by atoms with Crippen molar-refractivity contribution in [2.24, 2.45) is 0 Å². The van der Waals surface area contributed by atoms with Gasteiger partial charge in [0, 0.05) is 49.7 Å². The Balaban J connectivity index is 1.35. The summed E-state index contributed by atoms with van der Waals surface area (Å²) >= 11 is 0. The van der Waals surface area contributed by atoms with Crippen molar-refractivity contribution in [1.29, 1.82) is 0 Å². The number of hydrogen-bond donors (Lipinski definition) is 0. The van der Waals surface area contributed by atoms with Crippen molar-refractivity contribution in [2.75, 3.05) is 4.90 Å². The molecule has 42 heavy (non-hydrogen) atoms. The highest BCUT2D eigenvalue weighted by Gasteiger charge is 2.42. The van der Waals surface area contributed by atoms with Crippen LogP contribution in [0.25, 0.3) is 55.0 Å². The van der Waals surface area contributed by atoms with Gasteiger partial charge in [0.15, 0.2) is 0 Å². The van der Waals surface area contributed by atoms with E-state index < -0.39 is 0 Å². The molecule has 0 aliphatic carbocycles. The lowest BCUT2D eigenvalue weighted by Gasteiger charge is -2.41. The number of hydrogen-bond acceptors (Lipinski definition) is 2. The number of rotatable bonds is 2. The summed E-state index contributed by atoms with van der Waals surface area (Å²) in [6, 6.07) is 48.5. The molecule has 6 aromatic carbocycles. The molecule has 2 aliphatic rings. The third kappa shape index (κ3) is 2.72. The summed E-state index contributed by atoms with van der Waals surface area (Å²) in [5, 5.41) is 3.72. The van der Waals surface area contributed by atoms with Crippen molar-refractivity contribution >= 4 is 67.6 Å². The van der Waals surface area contributed by atoms with Gasteiger partial charge in [-0.2, -0.15) is 0 Å². The Kier molecular flexibility index (Phi) is 4.26. The van der Waals surface area contributed by atoms with Crippen LogP contribution in [0, 0.1) is 0 Å². The van der Waals surface area contributed by atoms with Gasteiger partial charge in [0.25, 0.3) is 0 Å². The smallest absolute Gasteiger partial charge is 0.333 e. The summed E-state index contributed by atoms with van der Waals surface area (Å²) in [4.78, 5) is 2.46. The number of furan rings is 1. The lowest BCUT2D eigenvalue weighted by atomic mass is 9.45. The molecule has 2 aromatic heterocycles. The maximum absolute atomic E-state index is 6.18. The van der Waals surface area contributed by atoms with Gasteiger partial charge in [0.1, 0.15) is 5.58 Å². The van der Waals surface area contributed by atoms with Crippen LogP contribution in [0.1, 0.15) is 0 Å². The second kappa shape index (κ2) is 8.05. The molecule has 0 fully saturated rings. The van der Waals surface area contributed by atoms with Gasteiger partial charge in [0.05, 0.1) is 12.0 Å². The van der Waals surface area contributed by atoms with E-state index in [1.165, 1.54) is 55.2 Å². The fourth-order valence-corrected chi connectivity index (χ4v) is 7.64. The van der Waals surface area contributed by atoms with Gasteiger partial charge in [-0.05, 0) is 58.5 Å². The van der Waals surface area contributed by atoms with Gasteiger partial charge >= 0.3 is 6.85 Å². The second-order valence-corrected chi connectivity index (χ2v) is 11.3. The molecule has 0 radical (unpaired) electrons. The molecule has 194 valence electrons. The van der Waals surface area contributed by atoms with Crippen molar-refractivity contribution in [2.45, 2.75) is 0 Å². The van der Waals surface area contributed by atoms with Crippen molar-refractivity contribution in [3.8, 4) is 22.3 Å². The zero-order valence-corrected chi connectivity index (χ0v) is 22.7. The largest absolute Gasteiger partial charge is 0.464 e. The summed E-state index contributed by atoms with van der Waals surface area (Å²) in [7, 11) is 0. The molecule has 10 rings (SSSR count). The summed E-state index contributed by atoms with van der Waals surface area (Å²) in [6.45, 7) is 0.0634. The Morgan fingerprint density at radius 3 is 2.26 bits per heavy atom. The van der Waals surface area contributed by atoms with Crippen molar-refractivity contribution in [1.82, 2.24) is 4.48 Å². The maximum Gasteiger partial charge on any atom is 0.333 e. The Labute approximate surface area is 243 Å². The average molecular weight is 534 g/mol. The molecule has 8 aromatic rings. The maximum atomic E-state index is 6.18. The molecule has 4 heteroatoms. The lowest BCUT2D eigenvalue weighted by molar-refractivity contribution is 0.617. The highest BCUT2D eigenvalue weighted by molar-refractivity contribution is 6.90. The fourth-order valence-electron chi connectivity index (χ4n) is 7.64. The third-order valence-electron chi connectivity index (χ3n) is 9.25. The monoisotopic (exact) mass is 534 g/mol. The van der Waals surface area contributed by atoms with Crippen LogP contribution in [0.15, 0.2) is 144 Å². The lowest BCUT2D eigenvalue weighted by Crippen LogP contribution is -2.56. The molecule has 0 bridgehead atoms. The van der Waals surface area contributed by atoms with Crippen LogP contribution < -0.4 is 15.8 Å². The van der Waals surface area contributed by atoms with E-state index in [-0.39, 0.29) is 6.85 Å². The average Bonchev–Trinajstić information content (AvgIpc) is 3.67. The van der Waals surface area contributed by atoms with Crippen LogP contribution in [0.3, 0.4) is 0 Å². The molecule has 0 saturated heterocycles. The predicted octanol–water partition coefficient (Wildman–Crippen LogP) is 8.63. The summed E-state index contributed by atoms with van der Waals surface area (Å²) < 4.78 is 8.77. The molecule has 0 amide bonds. The molecular formula is C38H23BN2O. The van der Waals surface area contributed by atoms with E-state index >= 15 is 0 Å². The standard InChI is InChI=1S/C38H23BN2O/c1-2-10-24(11-3-1)35-33(21-20-25-22-23-42-38(25)35)40-32-18-7-5-16-30(32)39-36-27(13-9-19-34(36)40)29-15-8-14-28-26-12-4-6-17-31(26)41(39)37(28)29/h1-23H. The highest BCUT2D eigenvalue weighted by Crippen LogP contribution is 2.48. The SMILES string of the molecule is c1ccc(-c2c(N3c4ccccc4B4c5c(cccc53)-c3cccc5c6ccccc6n4c35)ccc3ccoc23)cc1. The molecule has 0 unspecified atom stereocenters. The molecular weight excluding hydrogens is 511 g/mol. The van der Waals surface area contributed by atoms with E-state index in [2.05, 4.69) is 143 Å². The van der Waals surface area contributed by atoms with Crippen LogP contribution in [0.5, 0.6) is 0 Å². The van der Waals surface area contributed by atoms with Crippen molar-refractivity contribution in [3.05, 3.63) is 140 Å². The first-order chi connectivity index (χ1) is 20.9. The van der Waals surface area contributed by atoms with Gasteiger partial charge in [-0.1, -0.05) is 97.1 Å². The van der Waals surface area contributed by atoms with Crippen LogP contribution in [0.4, 0.5) is 17.1 Å². The number of nitrogens with zero attached hydrogens (tertiary/aromatic N) is 2. The van der Waals surface area contributed by atoms with Gasteiger partial charge < -0.3 is 13.8 Å². The van der Waals surface area contributed by atoms with Gasteiger partial charge in [0.2, 0.25) is 0 Å². The summed E-state index contributed by atoms with van der Waals surface area (Å²) in [5.74, 6) is 0. The molecule has 2 aliphatic heterocycles. The van der Waals surface area contributed by atoms with Gasteiger partial charge in [-0.15, -0.1) is 0 Å². The Hall–Kier alpha value is -5.48. The molecule has 4 heterocycles. The Bertz CT molecular complexity index is 2380. The normalized spacial score (nSPS) is 13.1. The minimum Gasteiger partial charge on any atom is -0.464 e. The minimum absolute atomic E-state index is 0.0634. The first-order valence-electron chi connectivity index (χ1n) is 14.5. The number of aromatic nitrogens is 1. The van der Waals surface area contributed by atoms with E-state index in [1.54, 1.807) is 6.26 Å². The molecule has 0 saturated carbocycles. The Morgan fingerprint density at radius 2 is 1.31 bits per heavy atom. The van der Waals surface area contributed by atoms with Gasteiger partial charge in [-0.25, -0.2) is 0 Å². The topological polar surface area (TPSA) is 21.3 Å². The second-order valence-electron chi connectivity index (χ2n) is 11.3. The summed E-state index contributed by atoms with van der Waals surface area (Å²) in [5.41, 5.74) is 14.5. The quantitative estimate of drug-likeness (QED) is 0.207. The third-order valence-corrected chi connectivity index (χ3v) is 9.25. The fraction of sp³-hybridized carbons (Fsp3) is 0. The van der Waals surface area contributed by atoms with Crippen molar-refractivity contribution < 1.29 is 4.42 Å².